The maximum Gasteiger partial charge on any atom is 0.471 e. The van der Waals surface area contributed by atoms with E-state index in [1.165, 1.54) is 15.6 Å². The average molecular weight is 621 g/mol. The Morgan fingerprint density at radius 1 is 1.14 bits per heavy atom. The minimum absolute atomic E-state index is 0.251. The number of fused-ring (bicyclic) bond motifs is 1. The standard InChI is InChI=1S/C30H33N6O7P/c1-18-25(19(2)36(34-18)17-43-44(39,40)41)20-8-10-21(11-9-20)32-29(38)27(33-28(37)23-12-15-31-35(23)3)26-22-6-4-5-7-24(22)42-16-30(26)13-14-30/h4-12,15,26-27H,13-14,16-17H2,1-3H3,(H,32,38)(H,33,37)(H2,39,40,41)/t26?,27-/m0/s1. The minimum atomic E-state index is -4.65. The maximum atomic E-state index is 14.1. The summed E-state index contributed by atoms with van der Waals surface area (Å²) in [5.74, 6) is -0.332. The van der Waals surface area contributed by atoms with Gasteiger partial charge < -0.3 is 25.2 Å². The first kappa shape index (κ1) is 29.8. The Hall–Kier alpha value is -4.29. The van der Waals surface area contributed by atoms with Gasteiger partial charge in [-0.3, -0.25) is 18.8 Å². The lowest BCUT2D eigenvalue weighted by molar-refractivity contribution is -0.119. The van der Waals surface area contributed by atoms with E-state index in [-0.39, 0.29) is 17.2 Å². The number of hydrogen-bond acceptors (Lipinski definition) is 7. The number of carbonyl (C=O) groups is 2. The van der Waals surface area contributed by atoms with Gasteiger partial charge in [0, 0.05) is 47.1 Å². The summed E-state index contributed by atoms with van der Waals surface area (Å²) in [6.45, 7) is 3.65. The Morgan fingerprint density at radius 2 is 1.86 bits per heavy atom. The van der Waals surface area contributed by atoms with Crippen molar-refractivity contribution in [2.75, 3.05) is 11.9 Å². The number of carbonyl (C=O) groups excluding carboxylic acids is 2. The Labute approximate surface area is 253 Å². The van der Waals surface area contributed by atoms with Crippen LogP contribution in [0.3, 0.4) is 0 Å². The van der Waals surface area contributed by atoms with Crippen LogP contribution in [0.15, 0.2) is 60.8 Å². The van der Waals surface area contributed by atoms with Crippen molar-refractivity contribution < 1.29 is 33.2 Å². The van der Waals surface area contributed by atoms with Crippen molar-refractivity contribution in [2.24, 2.45) is 12.5 Å². The van der Waals surface area contributed by atoms with E-state index in [4.69, 9.17) is 14.5 Å². The molecule has 4 aromatic rings. The molecule has 0 saturated heterocycles. The van der Waals surface area contributed by atoms with E-state index in [1.807, 2.05) is 36.4 Å². The molecule has 3 heterocycles. The molecule has 14 heteroatoms. The molecule has 0 bridgehead atoms. The van der Waals surface area contributed by atoms with Gasteiger partial charge in [-0.15, -0.1) is 0 Å². The van der Waals surface area contributed by atoms with Crippen LogP contribution >= 0.6 is 7.82 Å². The van der Waals surface area contributed by atoms with Crippen molar-refractivity contribution >= 4 is 25.3 Å². The molecule has 1 spiro atoms. The van der Waals surface area contributed by atoms with Crippen LogP contribution in [0, 0.1) is 19.3 Å². The molecule has 4 N–H and O–H groups in total. The highest BCUT2D eigenvalue weighted by molar-refractivity contribution is 7.46. The number of phosphoric acid groups is 1. The molecule has 2 aromatic heterocycles. The number of hydrogen-bond donors (Lipinski definition) is 4. The van der Waals surface area contributed by atoms with Gasteiger partial charge in [-0.1, -0.05) is 30.3 Å². The van der Waals surface area contributed by atoms with Gasteiger partial charge >= 0.3 is 7.82 Å². The van der Waals surface area contributed by atoms with Crippen molar-refractivity contribution in [1.82, 2.24) is 24.9 Å². The van der Waals surface area contributed by atoms with Crippen LogP contribution < -0.4 is 15.4 Å². The van der Waals surface area contributed by atoms with Crippen LogP contribution in [-0.4, -0.2) is 53.8 Å². The molecular formula is C30H33N6O7P. The van der Waals surface area contributed by atoms with E-state index < -0.39 is 26.5 Å². The predicted molar refractivity (Wildman–Crippen MR) is 160 cm³/mol. The third-order valence-corrected chi connectivity index (χ3v) is 8.90. The van der Waals surface area contributed by atoms with Crippen molar-refractivity contribution in [3.8, 4) is 16.9 Å². The van der Waals surface area contributed by atoms with Crippen molar-refractivity contribution in [3.05, 3.63) is 83.4 Å². The first-order chi connectivity index (χ1) is 21.0. The highest BCUT2D eigenvalue weighted by Crippen LogP contribution is 2.61. The number of amides is 2. The fraction of sp³-hybridized carbons (Fsp3) is 0.333. The number of benzene rings is 2. The number of para-hydroxylation sites is 1. The molecule has 2 aromatic carbocycles. The summed E-state index contributed by atoms with van der Waals surface area (Å²) in [4.78, 5) is 45.6. The van der Waals surface area contributed by atoms with Crippen LogP contribution in [-0.2, 0) is 27.7 Å². The summed E-state index contributed by atoms with van der Waals surface area (Å²) in [5.41, 5.74) is 4.43. The second-order valence-electron chi connectivity index (χ2n) is 11.3. The number of phosphoric ester groups is 1. The number of rotatable bonds is 9. The van der Waals surface area contributed by atoms with E-state index in [1.54, 1.807) is 39.1 Å². The van der Waals surface area contributed by atoms with Crippen LogP contribution in [0.4, 0.5) is 5.69 Å². The van der Waals surface area contributed by atoms with Crippen molar-refractivity contribution in [1.29, 1.82) is 0 Å². The Morgan fingerprint density at radius 3 is 2.52 bits per heavy atom. The molecule has 13 nitrogen and oxygen atoms in total. The molecule has 1 aliphatic carbocycles. The molecule has 1 fully saturated rings. The summed E-state index contributed by atoms with van der Waals surface area (Å²) in [6.07, 6.45) is 3.31. The van der Waals surface area contributed by atoms with Gasteiger partial charge in [0.2, 0.25) is 5.91 Å². The monoisotopic (exact) mass is 620 g/mol. The first-order valence-corrected chi connectivity index (χ1v) is 15.6. The van der Waals surface area contributed by atoms with E-state index >= 15 is 0 Å². The average Bonchev–Trinajstić information content (AvgIpc) is 3.51. The molecule has 2 atom stereocenters. The second-order valence-corrected chi connectivity index (χ2v) is 12.6. The van der Waals surface area contributed by atoms with E-state index in [0.29, 0.717) is 35.1 Å². The van der Waals surface area contributed by atoms with Crippen LogP contribution in [0.2, 0.25) is 0 Å². The highest BCUT2D eigenvalue weighted by atomic mass is 31.2. The minimum Gasteiger partial charge on any atom is -0.493 e. The number of nitrogens with zero attached hydrogens (tertiary/aromatic N) is 4. The fourth-order valence-corrected chi connectivity index (χ4v) is 6.34. The normalized spacial score (nSPS) is 17.4. The molecule has 1 aliphatic heterocycles. The first-order valence-electron chi connectivity index (χ1n) is 14.1. The topological polar surface area (TPSA) is 170 Å². The lowest BCUT2D eigenvalue weighted by Gasteiger charge is -2.38. The van der Waals surface area contributed by atoms with E-state index in [2.05, 4.69) is 25.4 Å². The number of anilines is 1. The van der Waals surface area contributed by atoms with Crippen LogP contribution in [0.25, 0.3) is 11.1 Å². The third-order valence-electron chi connectivity index (χ3n) is 8.45. The quantitative estimate of drug-likeness (QED) is 0.204. The third kappa shape index (κ3) is 5.79. The smallest absolute Gasteiger partial charge is 0.471 e. The van der Waals surface area contributed by atoms with Crippen LogP contribution in [0.5, 0.6) is 5.75 Å². The molecular weight excluding hydrogens is 587 g/mol. The van der Waals surface area contributed by atoms with E-state index in [9.17, 15) is 14.2 Å². The summed E-state index contributed by atoms with van der Waals surface area (Å²) in [6, 6.07) is 15.6. The zero-order valence-corrected chi connectivity index (χ0v) is 25.3. The molecule has 1 unspecified atom stereocenters. The van der Waals surface area contributed by atoms with Gasteiger partial charge in [0.15, 0.2) is 6.73 Å². The van der Waals surface area contributed by atoms with Gasteiger partial charge in [-0.05, 0) is 56.5 Å². The zero-order chi connectivity index (χ0) is 31.2. The number of aromatic nitrogens is 4. The van der Waals surface area contributed by atoms with Crippen LogP contribution in [0.1, 0.15) is 46.2 Å². The van der Waals surface area contributed by atoms with Gasteiger partial charge in [-0.2, -0.15) is 10.2 Å². The summed E-state index contributed by atoms with van der Waals surface area (Å²) < 4.78 is 24.7. The SMILES string of the molecule is Cc1nn(COP(=O)(O)O)c(C)c1-c1ccc(NC(=O)[C@@H](NC(=O)c2ccnn2C)C2c3ccccc3OCC23CC3)cc1. The molecule has 2 amide bonds. The summed E-state index contributed by atoms with van der Waals surface area (Å²) in [5, 5.41) is 14.5. The molecule has 230 valence electrons. The predicted octanol–water partition coefficient (Wildman–Crippen LogP) is 3.66. The van der Waals surface area contributed by atoms with Crippen molar-refractivity contribution in [3.63, 3.8) is 0 Å². The van der Waals surface area contributed by atoms with Gasteiger partial charge in [0.1, 0.15) is 17.5 Å². The molecule has 44 heavy (non-hydrogen) atoms. The van der Waals surface area contributed by atoms with Crippen molar-refractivity contribution in [2.45, 2.75) is 45.4 Å². The molecule has 6 rings (SSSR count). The number of ether oxygens (including phenoxy) is 1. The van der Waals surface area contributed by atoms with Gasteiger partial charge in [0.05, 0.1) is 12.3 Å². The maximum absolute atomic E-state index is 14.1. The Kier molecular flexibility index (Phi) is 7.66. The lowest BCUT2D eigenvalue weighted by atomic mass is 9.76. The van der Waals surface area contributed by atoms with E-state index in [0.717, 1.165) is 29.5 Å². The molecule has 2 aliphatic rings. The lowest BCUT2D eigenvalue weighted by Crippen LogP contribution is -2.52. The Balaban J connectivity index is 1.27. The number of nitrogens with one attached hydrogen (secondary N) is 2. The molecule has 0 radical (unpaired) electrons. The highest BCUT2D eigenvalue weighted by Gasteiger charge is 2.57. The second kappa shape index (κ2) is 11.3. The summed E-state index contributed by atoms with van der Waals surface area (Å²) in [7, 11) is -2.98. The fourth-order valence-electron chi connectivity index (χ4n) is 6.08. The number of aryl methyl sites for hydroxylation is 2. The van der Waals surface area contributed by atoms with Gasteiger partial charge in [0.25, 0.3) is 5.91 Å². The summed E-state index contributed by atoms with van der Waals surface area (Å²) >= 11 is 0. The van der Waals surface area contributed by atoms with Gasteiger partial charge in [-0.25, -0.2) is 9.25 Å². The largest absolute Gasteiger partial charge is 0.493 e. The zero-order valence-electron chi connectivity index (χ0n) is 24.4. The molecule has 1 saturated carbocycles. The Bertz CT molecular complexity index is 1770.